The molecular formula is C23H28ClN5O2S. The van der Waals surface area contributed by atoms with Crippen LogP contribution in [0.5, 0.6) is 0 Å². The second kappa shape index (κ2) is 10.9. The molecule has 2 aliphatic heterocycles. The number of amides is 2. The minimum absolute atomic E-state index is 0.0954. The van der Waals surface area contributed by atoms with Crippen molar-refractivity contribution in [3.05, 3.63) is 52.5 Å². The van der Waals surface area contributed by atoms with Gasteiger partial charge < -0.3 is 15.5 Å². The van der Waals surface area contributed by atoms with Crippen LogP contribution in [0.25, 0.3) is 0 Å². The van der Waals surface area contributed by atoms with E-state index in [1.807, 2.05) is 11.0 Å². The smallest absolute Gasteiger partial charge is 0.267 e. The van der Waals surface area contributed by atoms with Crippen molar-refractivity contribution in [1.82, 2.24) is 14.8 Å². The fourth-order valence-electron chi connectivity index (χ4n) is 3.96. The Morgan fingerprint density at radius 2 is 1.84 bits per heavy atom. The van der Waals surface area contributed by atoms with Crippen molar-refractivity contribution < 1.29 is 9.59 Å². The summed E-state index contributed by atoms with van der Waals surface area (Å²) in [6, 6.07) is 7.23. The zero-order chi connectivity index (χ0) is 22.3. The van der Waals surface area contributed by atoms with Gasteiger partial charge in [-0.15, -0.1) is 0 Å². The number of nitrogens with zero attached hydrogens (tertiary/aromatic N) is 3. The lowest BCUT2D eigenvalue weighted by Crippen LogP contribution is -2.41. The fourth-order valence-corrected chi connectivity index (χ4v) is 4.88. The summed E-state index contributed by atoms with van der Waals surface area (Å²) < 4.78 is 0. The van der Waals surface area contributed by atoms with Gasteiger partial charge in [0.2, 0.25) is 5.91 Å². The first kappa shape index (κ1) is 22.8. The number of thiazole rings is 1. The third-order valence-electron chi connectivity index (χ3n) is 5.79. The lowest BCUT2D eigenvalue weighted by atomic mass is 10.1. The van der Waals surface area contributed by atoms with Crippen molar-refractivity contribution in [3.8, 4) is 0 Å². The van der Waals surface area contributed by atoms with Gasteiger partial charge in [0.25, 0.3) is 5.91 Å². The van der Waals surface area contributed by atoms with E-state index in [1.165, 1.54) is 24.2 Å². The normalized spacial score (nSPS) is 17.7. The van der Waals surface area contributed by atoms with Gasteiger partial charge >= 0.3 is 0 Å². The number of aromatic nitrogens is 1. The van der Waals surface area contributed by atoms with E-state index >= 15 is 0 Å². The van der Waals surface area contributed by atoms with Crippen molar-refractivity contribution in [2.24, 2.45) is 0 Å². The molecule has 1 aromatic carbocycles. The molecule has 4 rings (SSSR count). The summed E-state index contributed by atoms with van der Waals surface area (Å²) in [6.07, 6.45) is 9.53. The number of piperidine rings is 1. The van der Waals surface area contributed by atoms with Gasteiger partial charge in [0.15, 0.2) is 5.13 Å². The van der Waals surface area contributed by atoms with E-state index in [0.29, 0.717) is 15.6 Å². The van der Waals surface area contributed by atoms with Crippen molar-refractivity contribution >= 4 is 45.6 Å². The van der Waals surface area contributed by atoms with Gasteiger partial charge in [-0.05, 0) is 63.0 Å². The lowest BCUT2D eigenvalue weighted by molar-refractivity contribution is -0.126. The summed E-state index contributed by atoms with van der Waals surface area (Å²) in [4.78, 5) is 34.0. The predicted octanol–water partition coefficient (Wildman–Crippen LogP) is 4.10. The van der Waals surface area contributed by atoms with Crippen LogP contribution >= 0.6 is 22.9 Å². The third kappa shape index (κ3) is 6.31. The highest BCUT2D eigenvalue weighted by Crippen LogP contribution is 2.23. The van der Waals surface area contributed by atoms with E-state index < -0.39 is 0 Å². The molecule has 0 aliphatic carbocycles. The topological polar surface area (TPSA) is 77.6 Å². The van der Waals surface area contributed by atoms with Gasteiger partial charge in [0.05, 0.1) is 6.20 Å². The van der Waals surface area contributed by atoms with Crippen LogP contribution in [0, 0.1) is 0 Å². The number of carbonyl (C=O) groups excluding carboxylic acids is 2. The molecular weight excluding hydrogens is 446 g/mol. The van der Waals surface area contributed by atoms with E-state index in [2.05, 4.69) is 20.5 Å². The first-order chi connectivity index (χ1) is 15.6. The Balaban J connectivity index is 1.21. The van der Waals surface area contributed by atoms with E-state index in [-0.39, 0.29) is 17.9 Å². The summed E-state index contributed by atoms with van der Waals surface area (Å²) in [5.41, 5.74) is 0.689. The van der Waals surface area contributed by atoms with Gasteiger partial charge in [0, 0.05) is 42.5 Å². The largest absolute Gasteiger partial charge is 0.359 e. The number of hydrogen-bond acceptors (Lipinski definition) is 6. The van der Waals surface area contributed by atoms with Gasteiger partial charge in [-0.25, -0.2) is 4.98 Å². The molecule has 0 radical (unpaired) electrons. The minimum Gasteiger partial charge on any atom is -0.359 e. The minimum atomic E-state index is -0.195. The van der Waals surface area contributed by atoms with Crippen LogP contribution in [0.3, 0.4) is 0 Å². The summed E-state index contributed by atoms with van der Waals surface area (Å²) in [5.74, 6) is -0.0999. The molecule has 9 heteroatoms. The molecule has 1 aromatic heterocycles. The maximum Gasteiger partial charge on any atom is 0.267 e. The van der Waals surface area contributed by atoms with Gasteiger partial charge in [-0.3, -0.25) is 14.5 Å². The van der Waals surface area contributed by atoms with E-state index in [0.717, 1.165) is 50.7 Å². The highest BCUT2D eigenvalue weighted by molar-refractivity contribution is 7.17. The summed E-state index contributed by atoms with van der Waals surface area (Å²) in [5, 5.41) is 7.61. The zero-order valence-corrected chi connectivity index (χ0v) is 19.5. The number of anilines is 2. The number of likely N-dealkylation sites (tertiary alicyclic amines) is 2. The SMILES string of the molecule is O=C(Nc1ccc(Cl)cc1)c1cnc(NC2CCN(C(=O)C=CCN3CCCC3)CC2)s1. The fraction of sp³-hybridized carbons (Fsp3) is 0.435. The Hall–Kier alpha value is -2.42. The van der Waals surface area contributed by atoms with E-state index in [9.17, 15) is 9.59 Å². The molecule has 2 aliphatic rings. The Kier molecular flexibility index (Phi) is 7.78. The van der Waals surface area contributed by atoms with Crippen molar-refractivity contribution in [2.75, 3.05) is 43.4 Å². The number of benzene rings is 1. The van der Waals surface area contributed by atoms with Crippen LogP contribution in [-0.2, 0) is 4.79 Å². The predicted molar refractivity (Wildman–Crippen MR) is 130 cm³/mol. The first-order valence-corrected chi connectivity index (χ1v) is 12.2. The molecule has 0 unspecified atom stereocenters. The van der Waals surface area contributed by atoms with Crippen LogP contribution in [0.1, 0.15) is 35.4 Å². The maximum absolute atomic E-state index is 12.4. The zero-order valence-electron chi connectivity index (χ0n) is 17.9. The molecule has 170 valence electrons. The highest BCUT2D eigenvalue weighted by Gasteiger charge is 2.22. The number of halogens is 1. The number of rotatable bonds is 7. The highest BCUT2D eigenvalue weighted by atomic mass is 35.5. The van der Waals surface area contributed by atoms with Crippen molar-refractivity contribution in [2.45, 2.75) is 31.7 Å². The lowest BCUT2D eigenvalue weighted by Gasteiger charge is -2.31. The Morgan fingerprint density at radius 3 is 2.56 bits per heavy atom. The monoisotopic (exact) mass is 473 g/mol. The Bertz CT molecular complexity index is 948. The van der Waals surface area contributed by atoms with Gasteiger partial charge in [0.1, 0.15) is 4.88 Å². The molecule has 0 atom stereocenters. The second-order valence-corrected chi connectivity index (χ2v) is 9.61. The average molecular weight is 474 g/mol. The molecule has 0 saturated carbocycles. The molecule has 32 heavy (non-hydrogen) atoms. The van der Waals surface area contributed by atoms with Crippen molar-refractivity contribution in [3.63, 3.8) is 0 Å². The van der Waals surface area contributed by atoms with Gasteiger partial charge in [-0.1, -0.05) is 29.0 Å². The molecule has 2 fully saturated rings. The second-order valence-electron chi connectivity index (χ2n) is 8.14. The molecule has 7 nitrogen and oxygen atoms in total. The molecule has 3 heterocycles. The van der Waals surface area contributed by atoms with Crippen LogP contribution in [0.4, 0.5) is 10.8 Å². The van der Waals surface area contributed by atoms with Crippen molar-refractivity contribution in [1.29, 1.82) is 0 Å². The Labute approximate surface area is 197 Å². The molecule has 2 aromatic rings. The number of hydrogen-bond donors (Lipinski definition) is 2. The summed E-state index contributed by atoms with van der Waals surface area (Å²) in [6.45, 7) is 4.58. The third-order valence-corrected chi connectivity index (χ3v) is 6.97. The Morgan fingerprint density at radius 1 is 1.12 bits per heavy atom. The van der Waals surface area contributed by atoms with E-state index in [4.69, 9.17) is 11.6 Å². The number of nitrogens with one attached hydrogen (secondary N) is 2. The standard InChI is InChI=1S/C23H28ClN5O2S/c24-17-5-7-18(8-6-17)26-22(31)20-16-25-23(32-20)27-19-9-14-29(15-10-19)21(30)4-3-13-28-11-1-2-12-28/h3-8,16,19H,1-2,9-15H2,(H,25,27)(H,26,31). The van der Waals surface area contributed by atoms with Gasteiger partial charge in [-0.2, -0.15) is 0 Å². The number of carbonyl (C=O) groups is 2. The maximum atomic E-state index is 12.4. The van der Waals surface area contributed by atoms with Crippen LogP contribution in [-0.4, -0.2) is 65.4 Å². The quantitative estimate of drug-likeness (QED) is 0.592. The first-order valence-electron chi connectivity index (χ1n) is 11.0. The average Bonchev–Trinajstić information content (AvgIpc) is 3.48. The summed E-state index contributed by atoms with van der Waals surface area (Å²) in [7, 11) is 0. The van der Waals surface area contributed by atoms with Crippen LogP contribution in [0.15, 0.2) is 42.6 Å². The molecule has 2 saturated heterocycles. The van der Waals surface area contributed by atoms with Crippen LogP contribution < -0.4 is 10.6 Å². The molecule has 2 N–H and O–H groups in total. The molecule has 2 amide bonds. The molecule has 0 bridgehead atoms. The molecule has 0 spiro atoms. The van der Waals surface area contributed by atoms with Crippen LogP contribution in [0.2, 0.25) is 5.02 Å². The van der Waals surface area contributed by atoms with E-state index in [1.54, 1.807) is 36.5 Å². The summed E-state index contributed by atoms with van der Waals surface area (Å²) >= 11 is 7.21.